The van der Waals surface area contributed by atoms with Crippen molar-refractivity contribution in [2.24, 2.45) is 0 Å². The summed E-state index contributed by atoms with van der Waals surface area (Å²) in [7, 11) is 0. The highest BCUT2D eigenvalue weighted by atomic mass is 79.9. The van der Waals surface area contributed by atoms with Crippen molar-refractivity contribution >= 4 is 15.9 Å². The van der Waals surface area contributed by atoms with Gasteiger partial charge in [0.1, 0.15) is 0 Å². The van der Waals surface area contributed by atoms with Gasteiger partial charge in [-0.15, -0.1) is 0 Å². The fraction of sp³-hybridized carbons (Fsp3) is 0.438. The molecule has 0 aliphatic heterocycles. The van der Waals surface area contributed by atoms with Gasteiger partial charge in [0.15, 0.2) is 0 Å². The lowest BCUT2D eigenvalue weighted by Gasteiger charge is -2.13. The Morgan fingerprint density at radius 2 is 2.00 bits per heavy atom. The van der Waals surface area contributed by atoms with Gasteiger partial charge in [-0.05, 0) is 57.0 Å². The van der Waals surface area contributed by atoms with Crippen molar-refractivity contribution in [1.82, 2.24) is 15.1 Å². The topological polar surface area (TPSA) is 29.9 Å². The molecule has 1 N–H and O–H groups in total. The van der Waals surface area contributed by atoms with E-state index in [0.29, 0.717) is 0 Å². The molecule has 0 atom stereocenters. The minimum Gasteiger partial charge on any atom is -0.313 e. The summed E-state index contributed by atoms with van der Waals surface area (Å²) in [6, 6.07) is 6.39. The maximum Gasteiger partial charge on any atom is 0.0705 e. The first-order chi connectivity index (χ1) is 9.54. The molecule has 0 bridgehead atoms. The molecular weight excluding hydrogens is 314 g/mol. The van der Waals surface area contributed by atoms with Crippen molar-refractivity contribution in [3.63, 3.8) is 0 Å². The van der Waals surface area contributed by atoms with Crippen LogP contribution >= 0.6 is 15.9 Å². The maximum atomic E-state index is 4.68. The Labute approximate surface area is 129 Å². The first kappa shape index (κ1) is 15.3. The number of aryl methyl sites for hydroxylation is 1. The van der Waals surface area contributed by atoms with Crippen LogP contribution in [0.2, 0.25) is 0 Å². The van der Waals surface area contributed by atoms with Crippen molar-refractivity contribution < 1.29 is 0 Å². The summed E-state index contributed by atoms with van der Waals surface area (Å²) in [5.41, 5.74) is 5.98. The Hall–Kier alpha value is -1.13. The number of aromatic nitrogens is 2. The zero-order chi connectivity index (χ0) is 14.7. The van der Waals surface area contributed by atoms with Crippen LogP contribution in [0.1, 0.15) is 35.9 Å². The van der Waals surface area contributed by atoms with Crippen LogP contribution in [-0.2, 0) is 6.54 Å². The summed E-state index contributed by atoms with van der Waals surface area (Å²) < 4.78 is 3.13. The smallest absolute Gasteiger partial charge is 0.0705 e. The zero-order valence-electron chi connectivity index (χ0n) is 12.6. The monoisotopic (exact) mass is 335 g/mol. The molecule has 1 aromatic carbocycles. The SMILES string of the molecule is CCCNCc1ccc(Br)cc1-n1nc(C)c(C)c1C. The average Bonchev–Trinajstić information content (AvgIpc) is 2.68. The van der Waals surface area contributed by atoms with Crippen LogP contribution in [0.3, 0.4) is 0 Å². The first-order valence-corrected chi connectivity index (χ1v) is 7.86. The van der Waals surface area contributed by atoms with Gasteiger partial charge in [-0.25, -0.2) is 4.68 Å². The van der Waals surface area contributed by atoms with Crippen molar-refractivity contribution in [2.45, 2.75) is 40.7 Å². The molecule has 20 heavy (non-hydrogen) atoms. The third-order valence-electron chi connectivity index (χ3n) is 3.67. The van der Waals surface area contributed by atoms with Crippen LogP contribution in [0.5, 0.6) is 0 Å². The van der Waals surface area contributed by atoms with E-state index in [1.807, 2.05) is 0 Å². The number of nitrogens with one attached hydrogen (secondary N) is 1. The molecule has 0 radical (unpaired) electrons. The van der Waals surface area contributed by atoms with Crippen molar-refractivity contribution in [3.8, 4) is 5.69 Å². The number of hydrogen-bond acceptors (Lipinski definition) is 2. The Morgan fingerprint density at radius 3 is 2.60 bits per heavy atom. The highest BCUT2D eigenvalue weighted by Gasteiger charge is 2.12. The summed E-state index contributed by atoms with van der Waals surface area (Å²) in [5, 5.41) is 8.14. The summed E-state index contributed by atoms with van der Waals surface area (Å²) in [5.74, 6) is 0. The molecule has 0 aliphatic carbocycles. The van der Waals surface area contributed by atoms with Gasteiger partial charge in [0.05, 0.1) is 11.4 Å². The second kappa shape index (κ2) is 6.55. The number of halogens is 1. The van der Waals surface area contributed by atoms with E-state index in [0.717, 1.165) is 35.4 Å². The molecule has 1 aromatic heterocycles. The normalized spacial score (nSPS) is 11.1. The van der Waals surface area contributed by atoms with E-state index in [1.54, 1.807) is 0 Å². The Kier molecular flexibility index (Phi) is 5.00. The molecule has 0 saturated heterocycles. The Bertz CT molecular complexity index is 602. The first-order valence-electron chi connectivity index (χ1n) is 7.07. The van der Waals surface area contributed by atoms with Crippen LogP contribution in [0.25, 0.3) is 5.69 Å². The Morgan fingerprint density at radius 1 is 1.25 bits per heavy atom. The van der Waals surface area contributed by atoms with Gasteiger partial charge in [0, 0.05) is 16.7 Å². The number of hydrogen-bond donors (Lipinski definition) is 1. The van der Waals surface area contributed by atoms with Crippen LogP contribution < -0.4 is 5.32 Å². The van der Waals surface area contributed by atoms with E-state index in [1.165, 1.54) is 16.8 Å². The van der Waals surface area contributed by atoms with Gasteiger partial charge in [-0.2, -0.15) is 5.10 Å². The molecule has 0 saturated carbocycles. The molecule has 0 aliphatic rings. The van der Waals surface area contributed by atoms with E-state index < -0.39 is 0 Å². The molecule has 0 fully saturated rings. The molecule has 0 amide bonds. The Balaban J connectivity index is 2.43. The standard InChI is InChI=1S/C16H22BrN3/c1-5-8-18-10-14-6-7-15(17)9-16(14)20-13(4)11(2)12(3)19-20/h6-7,9,18H,5,8,10H2,1-4H3. The van der Waals surface area contributed by atoms with Crippen LogP contribution in [-0.4, -0.2) is 16.3 Å². The second-order valence-corrected chi connectivity index (χ2v) is 6.07. The van der Waals surface area contributed by atoms with Gasteiger partial charge < -0.3 is 5.32 Å². The van der Waals surface area contributed by atoms with Crippen LogP contribution in [0.4, 0.5) is 0 Å². The number of nitrogens with zero attached hydrogens (tertiary/aromatic N) is 2. The maximum absolute atomic E-state index is 4.68. The predicted molar refractivity (Wildman–Crippen MR) is 87.5 cm³/mol. The lowest BCUT2D eigenvalue weighted by atomic mass is 10.1. The number of benzene rings is 1. The molecule has 0 unspecified atom stereocenters. The van der Waals surface area contributed by atoms with Crippen molar-refractivity contribution in [3.05, 3.63) is 45.2 Å². The average molecular weight is 336 g/mol. The molecule has 108 valence electrons. The third kappa shape index (κ3) is 3.13. The molecule has 2 rings (SSSR count). The summed E-state index contributed by atoms with van der Waals surface area (Å²) >= 11 is 3.56. The quantitative estimate of drug-likeness (QED) is 0.835. The minimum atomic E-state index is 0.869. The predicted octanol–water partition coefficient (Wildman–Crippen LogP) is 4.06. The van der Waals surface area contributed by atoms with Crippen LogP contribution in [0, 0.1) is 20.8 Å². The van der Waals surface area contributed by atoms with E-state index in [2.05, 4.69) is 76.9 Å². The summed E-state index contributed by atoms with van der Waals surface area (Å²) in [4.78, 5) is 0. The number of rotatable bonds is 5. The van der Waals surface area contributed by atoms with Gasteiger partial charge in [-0.1, -0.05) is 28.9 Å². The van der Waals surface area contributed by atoms with E-state index >= 15 is 0 Å². The molecule has 3 nitrogen and oxygen atoms in total. The highest BCUT2D eigenvalue weighted by Crippen LogP contribution is 2.23. The third-order valence-corrected chi connectivity index (χ3v) is 4.16. The van der Waals surface area contributed by atoms with E-state index in [9.17, 15) is 0 Å². The molecular formula is C16H22BrN3. The highest BCUT2D eigenvalue weighted by molar-refractivity contribution is 9.10. The zero-order valence-corrected chi connectivity index (χ0v) is 14.2. The largest absolute Gasteiger partial charge is 0.313 e. The van der Waals surface area contributed by atoms with Crippen molar-refractivity contribution in [1.29, 1.82) is 0 Å². The summed E-state index contributed by atoms with van der Waals surface area (Å²) in [6.45, 7) is 10.4. The van der Waals surface area contributed by atoms with Gasteiger partial charge in [0.25, 0.3) is 0 Å². The molecule has 1 heterocycles. The van der Waals surface area contributed by atoms with E-state index in [4.69, 9.17) is 0 Å². The lowest BCUT2D eigenvalue weighted by Crippen LogP contribution is -2.16. The van der Waals surface area contributed by atoms with E-state index in [-0.39, 0.29) is 0 Å². The van der Waals surface area contributed by atoms with Gasteiger partial charge in [-0.3, -0.25) is 0 Å². The van der Waals surface area contributed by atoms with Crippen molar-refractivity contribution in [2.75, 3.05) is 6.54 Å². The van der Waals surface area contributed by atoms with Gasteiger partial charge >= 0.3 is 0 Å². The fourth-order valence-corrected chi connectivity index (χ4v) is 2.59. The van der Waals surface area contributed by atoms with Crippen LogP contribution in [0.15, 0.2) is 22.7 Å². The fourth-order valence-electron chi connectivity index (χ4n) is 2.24. The molecule has 0 spiro atoms. The molecule has 4 heteroatoms. The lowest BCUT2D eigenvalue weighted by molar-refractivity contribution is 0.669. The minimum absolute atomic E-state index is 0.869. The van der Waals surface area contributed by atoms with Gasteiger partial charge in [0.2, 0.25) is 0 Å². The molecule has 2 aromatic rings. The second-order valence-electron chi connectivity index (χ2n) is 5.16. The summed E-state index contributed by atoms with van der Waals surface area (Å²) in [6.07, 6.45) is 1.14.